The topological polar surface area (TPSA) is 13.1 Å². The molecule has 0 aliphatic heterocycles. The van der Waals surface area contributed by atoms with Crippen molar-refractivity contribution in [1.82, 2.24) is 0 Å². The molecule has 1 nitrogen and oxygen atoms in total. The Morgan fingerprint density at radius 1 is 0.636 bits per heavy atom. The number of rotatable bonds is 0. The monoisotopic (exact) mass is 278 g/mol. The van der Waals surface area contributed by atoms with Crippen LogP contribution < -0.4 is 5.46 Å². The Kier molecular flexibility index (Phi) is 2.23. The highest BCUT2D eigenvalue weighted by Crippen LogP contribution is 2.40. The zero-order valence-corrected chi connectivity index (χ0v) is 11.8. The first-order valence-corrected chi connectivity index (χ1v) is 7.34. The predicted molar refractivity (Wildman–Crippen MR) is 94.1 cm³/mol. The molecule has 5 rings (SSSR count). The molecule has 0 unspecified atom stereocenters. The zero-order valence-electron chi connectivity index (χ0n) is 11.8. The first-order chi connectivity index (χ1) is 10.8. The molecule has 0 bridgehead atoms. The number of hydrogen-bond acceptors (Lipinski definition) is 1. The van der Waals surface area contributed by atoms with Gasteiger partial charge in [-0.2, -0.15) is 0 Å². The largest absolute Gasteiger partial charge is 0.455 e. The molecule has 0 aliphatic rings. The van der Waals surface area contributed by atoms with Crippen LogP contribution in [0.3, 0.4) is 0 Å². The van der Waals surface area contributed by atoms with Crippen LogP contribution in [-0.4, -0.2) is 7.85 Å². The van der Waals surface area contributed by atoms with Gasteiger partial charge in [0.25, 0.3) is 0 Å². The van der Waals surface area contributed by atoms with Crippen molar-refractivity contribution in [3.8, 4) is 0 Å². The smallest absolute Gasteiger partial charge is 0.143 e. The molecule has 100 valence electrons. The Hall–Kier alpha value is -2.74. The van der Waals surface area contributed by atoms with Crippen molar-refractivity contribution in [1.29, 1.82) is 0 Å². The van der Waals surface area contributed by atoms with Crippen LogP contribution in [-0.2, 0) is 0 Å². The third-order valence-electron chi connectivity index (χ3n) is 4.37. The fourth-order valence-corrected chi connectivity index (χ4v) is 3.42. The summed E-state index contributed by atoms with van der Waals surface area (Å²) in [4.78, 5) is 0. The highest BCUT2D eigenvalue weighted by Gasteiger charge is 2.14. The summed E-state index contributed by atoms with van der Waals surface area (Å²) < 4.78 is 6.17. The first-order valence-electron chi connectivity index (χ1n) is 7.34. The van der Waals surface area contributed by atoms with E-state index >= 15 is 0 Å². The van der Waals surface area contributed by atoms with Gasteiger partial charge in [-0.1, -0.05) is 66.1 Å². The molecule has 0 aliphatic carbocycles. The Bertz CT molecular complexity index is 1180. The summed E-state index contributed by atoms with van der Waals surface area (Å²) in [5, 5.41) is 7.05. The van der Waals surface area contributed by atoms with E-state index in [-0.39, 0.29) is 0 Å². The molecule has 1 aromatic heterocycles. The maximum atomic E-state index is 6.17. The maximum Gasteiger partial charge on any atom is 0.143 e. The van der Waals surface area contributed by atoms with Crippen LogP contribution in [0.2, 0.25) is 0 Å². The normalized spacial score (nSPS) is 11.8. The van der Waals surface area contributed by atoms with Crippen molar-refractivity contribution in [2.24, 2.45) is 0 Å². The lowest BCUT2D eigenvalue weighted by Crippen LogP contribution is -1.98. The second kappa shape index (κ2) is 4.14. The lowest BCUT2D eigenvalue weighted by molar-refractivity contribution is 0.673. The standard InChI is InChI=1S/C20H11BO/c21-12-9-10-18-17(11-12)19-15-7-3-1-5-13(15)14-6-2-4-8-16(14)20(19)22-18/h1-11H. The summed E-state index contributed by atoms with van der Waals surface area (Å²) in [5.41, 5.74) is 2.58. The van der Waals surface area contributed by atoms with Gasteiger partial charge >= 0.3 is 0 Å². The lowest BCUT2D eigenvalue weighted by atomic mass is 9.92. The van der Waals surface area contributed by atoms with Gasteiger partial charge in [-0.25, -0.2) is 0 Å². The van der Waals surface area contributed by atoms with Crippen LogP contribution >= 0.6 is 0 Å². The van der Waals surface area contributed by atoms with Crippen molar-refractivity contribution >= 4 is 56.8 Å². The van der Waals surface area contributed by atoms with Crippen molar-refractivity contribution in [2.75, 3.05) is 0 Å². The molecule has 0 saturated heterocycles. The minimum atomic E-state index is 0.757. The molecule has 0 amide bonds. The van der Waals surface area contributed by atoms with Gasteiger partial charge in [0.05, 0.1) is 0 Å². The molecule has 22 heavy (non-hydrogen) atoms. The van der Waals surface area contributed by atoms with E-state index in [1.807, 2.05) is 18.2 Å². The SMILES string of the molecule is [B]c1ccc2oc3c4ccccc4c4ccccc4c3c2c1. The van der Waals surface area contributed by atoms with Crippen molar-refractivity contribution in [2.45, 2.75) is 0 Å². The maximum absolute atomic E-state index is 6.17. The van der Waals surface area contributed by atoms with E-state index in [1.165, 1.54) is 16.2 Å². The Labute approximate surface area is 128 Å². The number of hydrogen-bond donors (Lipinski definition) is 0. The third kappa shape index (κ3) is 1.44. The van der Waals surface area contributed by atoms with Crippen LogP contribution in [0.25, 0.3) is 43.5 Å². The first kappa shape index (κ1) is 11.9. The Morgan fingerprint density at radius 2 is 1.27 bits per heavy atom. The van der Waals surface area contributed by atoms with Crippen LogP contribution in [0.5, 0.6) is 0 Å². The van der Waals surface area contributed by atoms with Gasteiger partial charge in [0.2, 0.25) is 0 Å². The summed E-state index contributed by atoms with van der Waals surface area (Å²) >= 11 is 0. The highest BCUT2D eigenvalue weighted by molar-refractivity contribution is 6.35. The van der Waals surface area contributed by atoms with Gasteiger partial charge in [0.15, 0.2) is 0 Å². The van der Waals surface area contributed by atoms with E-state index in [0.717, 1.165) is 32.8 Å². The van der Waals surface area contributed by atoms with Crippen molar-refractivity contribution in [3.05, 3.63) is 66.7 Å². The van der Waals surface area contributed by atoms with Gasteiger partial charge in [0, 0.05) is 16.2 Å². The summed E-state index contributed by atoms with van der Waals surface area (Å²) in [6.07, 6.45) is 0. The van der Waals surface area contributed by atoms with E-state index in [9.17, 15) is 0 Å². The summed E-state index contributed by atoms with van der Waals surface area (Å²) in [5.74, 6) is 0. The van der Waals surface area contributed by atoms with E-state index in [4.69, 9.17) is 12.3 Å². The van der Waals surface area contributed by atoms with Crippen LogP contribution in [0, 0.1) is 0 Å². The number of furan rings is 1. The second-order valence-electron chi connectivity index (χ2n) is 5.65. The second-order valence-corrected chi connectivity index (χ2v) is 5.65. The number of fused-ring (bicyclic) bond motifs is 8. The third-order valence-corrected chi connectivity index (χ3v) is 4.37. The molecular weight excluding hydrogens is 267 g/mol. The predicted octanol–water partition coefficient (Wildman–Crippen LogP) is 4.69. The molecule has 0 saturated carbocycles. The Morgan fingerprint density at radius 3 is 2.05 bits per heavy atom. The van der Waals surface area contributed by atoms with E-state index in [0.29, 0.717) is 0 Å². The molecule has 0 fully saturated rings. The van der Waals surface area contributed by atoms with E-state index < -0.39 is 0 Å². The molecular formula is C20H11BO. The number of benzene rings is 4. The van der Waals surface area contributed by atoms with Crippen LogP contribution in [0.15, 0.2) is 71.1 Å². The van der Waals surface area contributed by atoms with Crippen molar-refractivity contribution < 1.29 is 4.42 Å². The minimum Gasteiger partial charge on any atom is -0.455 e. The summed E-state index contributed by atoms with van der Waals surface area (Å²) in [7, 11) is 5.99. The molecule has 2 heteroatoms. The average Bonchev–Trinajstić information content (AvgIpc) is 2.94. The molecule has 2 radical (unpaired) electrons. The molecule has 0 spiro atoms. The molecule has 1 heterocycles. The van der Waals surface area contributed by atoms with Gasteiger partial charge in [-0.3, -0.25) is 0 Å². The Balaban J connectivity index is 2.22. The fourth-order valence-electron chi connectivity index (χ4n) is 3.42. The highest BCUT2D eigenvalue weighted by atomic mass is 16.3. The van der Waals surface area contributed by atoms with E-state index in [1.54, 1.807) is 0 Å². The van der Waals surface area contributed by atoms with Gasteiger partial charge in [-0.15, -0.1) is 0 Å². The van der Waals surface area contributed by atoms with Gasteiger partial charge in [0.1, 0.15) is 19.0 Å². The van der Waals surface area contributed by atoms with Gasteiger partial charge in [-0.05, 0) is 22.2 Å². The summed E-state index contributed by atoms with van der Waals surface area (Å²) in [6, 6.07) is 22.7. The molecule has 4 aromatic carbocycles. The molecule has 5 aromatic rings. The fraction of sp³-hybridized carbons (Fsp3) is 0. The molecule has 0 atom stereocenters. The zero-order chi connectivity index (χ0) is 14.7. The van der Waals surface area contributed by atoms with Crippen LogP contribution in [0.1, 0.15) is 0 Å². The molecule has 0 N–H and O–H groups in total. The summed E-state index contributed by atoms with van der Waals surface area (Å²) in [6.45, 7) is 0. The van der Waals surface area contributed by atoms with E-state index in [2.05, 4.69) is 48.5 Å². The van der Waals surface area contributed by atoms with Crippen LogP contribution in [0.4, 0.5) is 0 Å². The van der Waals surface area contributed by atoms with Gasteiger partial charge < -0.3 is 4.42 Å². The lowest BCUT2D eigenvalue weighted by Gasteiger charge is -2.05. The average molecular weight is 278 g/mol. The quantitative estimate of drug-likeness (QED) is 0.296. The van der Waals surface area contributed by atoms with Crippen molar-refractivity contribution in [3.63, 3.8) is 0 Å². The minimum absolute atomic E-state index is 0.757.